The number of nitrogens with zero attached hydrogens (tertiary/aromatic N) is 1. The molecule has 0 aliphatic rings. The largest absolute Gasteiger partial charge is 0.369 e. The molecule has 2 N–H and O–H groups in total. The van der Waals surface area contributed by atoms with Gasteiger partial charge < -0.3 is 14.9 Å². The molecular formula is C28H29N3O2. The van der Waals surface area contributed by atoms with Gasteiger partial charge in [0.05, 0.1) is 27.5 Å². The highest BCUT2D eigenvalue weighted by molar-refractivity contribution is 6.15. The van der Waals surface area contributed by atoms with Gasteiger partial charge in [0.25, 0.3) is 0 Å². The van der Waals surface area contributed by atoms with Crippen LogP contribution in [0.25, 0.3) is 43.6 Å². The molecule has 0 saturated heterocycles. The highest BCUT2D eigenvalue weighted by Crippen LogP contribution is 2.36. The molecule has 5 aromatic rings. The molecule has 0 unspecified atom stereocenters. The fourth-order valence-electron chi connectivity index (χ4n) is 5.18. The molecule has 0 bridgehead atoms. The van der Waals surface area contributed by atoms with Gasteiger partial charge in [0.2, 0.25) is 0 Å². The first-order chi connectivity index (χ1) is 16.1. The summed E-state index contributed by atoms with van der Waals surface area (Å²) in [5.41, 5.74) is 4.90. The summed E-state index contributed by atoms with van der Waals surface area (Å²) < 4.78 is 0. The van der Waals surface area contributed by atoms with Crippen LogP contribution >= 0.6 is 0 Å². The van der Waals surface area contributed by atoms with Crippen molar-refractivity contribution in [1.29, 1.82) is 0 Å². The Bertz CT molecular complexity index is 1620. The normalized spacial score (nSPS) is 11.7. The van der Waals surface area contributed by atoms with Crippen LogP contribution in [0.15, 0.2) is 58.1 Å². The maximum absolute atomic E-state index is 13.9. The van der Waals surface area contributed by atoms with E-state index in [4.69, 9.17) is 0 Å². The third-order valence-corrected chi connectivity index (χ3v) is 6.55. The average Bonchev–Trinajstić information content (AvgIpc) is 2.83. The number of anilines is 1. The number of hydrogen-bond acceptors (Lipinski definition) is 3. The van der Waals surface area contributed by atoms with Gasteiger partial charge in [-0.1, -0.05) is 45.0 Å². The van der Waals surface area contributed by atoms with Crippen molar-refractivity contribution in [2.24, 2.45) is 0 Å². The highest BCUT2D eigenvalue weighted by atomic mass is 16.1. The Kier molecular flexibility index (Phi) is 5.41. The molecule has 0 spiro atoms. The molecule has 168 valence electrons. The van der Waals surface area contributed by atoms with Crippen molar-refractivity contribution in [2.75, 3.05) is 18.0 Å². The zero-order valence-corrected chi connectivity index (χ0v) is 19.4. The molecule has 0 atom stereocenters. The van der Waals surface area contributed by atoms with Crippen molar-refractivity contribution in [2.45, 2.75) is 40.0 Å². The van der Waals surface area contributed by atoms with Gasteiger partial charge in [-0.05, 0) is 49.1 Å². The van der Waals surface area contributed by atoms with Gasteiger partial charge in [0.15, 0.2) is 10.9 Å². The zero-order valence-electron chi connectivity index (χ0n) is 19.4. The summed E-state index contributed by atoms with van der Waals surface area (Å²) >= 11 is 0. The molecule has 0 fully saturated rings. The van der Waals surface area contributed by atoms with Crippen LogP contribution in [0.5, 0.6) is 0 Å². The van der Waals surface area contributed by atoms with Crippen LogP contribution in [0, 0.1) is 0 Å². The van der Waals surface area contributed by atoms with E-state index in [1.165, 1.54) is 0 Å². The summed E-state index contributed by atoms with van der Waals surface area (Å²) in [7, 11) is 0. The minimum absolute atomic E-state index is 0.0113. The first-order valence-corrected chi connectivity index (χ1v) is 11.9. The Morgan fingerprint density at radius 1 is 0.697 bits per heavy atom. The van der Waals surface area contributed by atoms with Crippen LogP contribution in [0.4, 0.5) is 5.69 Å². The van der Waals surface area contributed by atoms with Crippen LogP contribution in [0.3, 0.4) is 0 Å². The van der Waals surface area contributed by atoms with E-state index in [1.807, 2.05) is 55.5 Å². The van der Waals surface area contributed by atoms with Crippen molar-refractivity contribution < 1.29 is 0 Å². The van der Waals surface area contributed by atoms with Gasteiger partial charge in [0.1, 0.15) is 0 Å². The second-order valence-corrected chi connectivity index (χ2v) is 8.67. The molecular weight excluding hydrogens is 410 g/mol. The molecule has 0 aliphatic carbocycles. The number of H-pyrrole nitrogens is 2. The molecule has 3 aromatic carbocycles. The lowest BCUT2D eigenvalue weighted by atomic mass is 9.95. The second-order valence-electron chi connectivity index (χ2n) is 8.67. The predicted octanol–water partition coefficient (Wildman–Crippen LogP) is 5.86. The predicted molar refractivity (Wildman–Crippen MR) is 140 cm³/mol. The van der Waals surface area contributed by atoms with E-state index in [1.54, 1.807) is 0 Å². The van der Waals surface area contributed by atoms with E-state index < -0.39 is 0 Å². The number of aromatic nitrogens is 2. The Balaban J connectivity index is 2.12. The third-order valence-electron chi connectivity index (χ3n) is 6.55. The van der Waals surface area contributed by atoms with Crippen molar-refractivity contribution >= 4 is 49.3 Å². The Morgan fingerprint density at radius 3 is 1.76 bits per heavy atom. The van der Waals surface area contributed by atoms with Gasteiger partial charge in [0, 0.05) is 34.9 Å². The molecule has 0 radical (unpaired) electrons. The first-order valence-electron chi connectivity index (χ1n) is 11.9. The van der Waals surface area contributed by atoms with Crippen LogP contribution in [0.2, 0.25) is 0 Å². The highest BCUT2D eigenvalue weighted by Gasteiger charge is 2.24. The smallest absolute Gasteiger partial charge is 0.199 e. The maximum Gasteiger partial charge on any atom is 0.199 e. The number of aryl methyl sites for hydroxylation is 1. The fourth-order valence-corrected chi connectivity index (χ4v) is 5.18. The summed E-state index contributed by atoms with van der Waals surface area (Å²) in [6.45, 7) is 7.96. The van der Waals surface area contributed by atoms with Crippen LogP contribution < -0.4 is 15.8 Å². The van der Waals surface area contributed by atoms with E-state index in [2.05, 4.69) is 28.7 Å². The van der Waals surface area contributed by atoms with Gasteiger partial charge >= 0.3 is 0 Å². The molecule has 2 aromatic heterocycles. The van der Waals surface area contributed by atoms with Crippen LogP contribution in [0.1, 0.15) is 39.2 Å². The Morgan fingerprint density at radius 2 is 1.21 bits per heavy atom. The molecule has 5 nitrogen and oxygen atoms in total. The molecule has 0 saturated carbocycles. The Hall–Kier alpha value is -3.60. The number of aromatic amines is 2. The van der Waals surface area contributed by atoms with Crippen molar-refractivity contribution in [3.05, 3.63) is 74.5 Å². The van der Waals surface area contributed by atoms with E-state index in [0.29, 0.717) is 28.0 Å². The summed E-state index contributed by atoms with van der Waals surface area (Å²) in [5.74, 6) is 0. The van der Waals surface area contributed by atoms with Gasteiger partial charge in [-0.25, -0.2) is 0 Å². The summed E-state index contributed by atoms with van der Waals surface area (Å²) in [4.78, 5) is 37.1. The number of pyridine rings is 2. The van der Waals surface area contributed by atoms with Gasteiger partial charge in [-0.3, -0.25) is 9.59 Å². The lowest BCUT2D eigenvalue weighted by Gasteiger charge is -2.28. The molecule has 5 heteroatoms. The minimum atomic E-state index is 0.0113. The zero-order chi connectivity index (χ0) is 23.1. The second kappa shape index (κ2) is 8.39. The number of nitrogens with one attached hydrogen (secondary N) is 2. The monoisotopic (exact) mass is 439 g/mol. The molecule has 33 heavy (non-hydrogen) atoms. The van der Waals surface area contributed by atoms with E-state index in [9.17, 15) is 9.59 Å². The van der Waals surface area contributed by atoms with Crippen molar-refractivity contribution in [3.8, 4) is 0 Å². The Labute approximate surface area is 192 Å². The summed E-state index contributed by atoms with van der Waals surface area (Å²) in [6.07, 6.45) is 2.54. The third kappa shape index (κ3) is 3.22. The van der Waals surface area contributed by atoms with Gasteiger partial charge in [-0.15, -0.1) is 0 Å². The van der Waals surface area contributed by atoms with Crippen molar-refractivity contribution in [3.63, 3.8) is 0 Å². The SMILES string of the molecule is CCCN(CCC)c1c2[nH]c3ccccc3c(=O)c2c(CC)c2[nH]c3ccccc3c(=O)c12. The summed E-state index contributed by atoms with van der Waals surface area (Å²) in [6, 6.07) is 15.3. The quantitative estimate of drug-likeness (QED) is 0.325. The number of benzene rings is 3. The van der Waals surface area contributed by atoms with E-state index in [-0.39, 0.29) is 10.9 Å². The molecule has 0 amide bonds. The maximum atomic E-state index is 13.9. The number of para-hydroxylation sites is 2. The topological polar surface area (TPSA) is 69.0 Å². The number of fused-ring (bicyclic) bond motifs is 4. The van der Waals surface area contributed by atoms with E-state index >= 15 is 0 Å². The fraction of sp³-hybridized carbons (Fsp3) is 0.286. The average molecular weight is 440 g/mol. The number of rotatable bonds is 6. The van der Waals surface area contributed by atoms with E-state index in [0.717, 1.165) is 59.2 Å². The summed E-state index contributed by atoms with van der Waals surface area (Å²) in [5, 5.41) is 2.70. The van der Waals surface area contributed by atoms with Crippen LogP contribution in [-0.2, 0) is 6.42 Å². The van der Waals surface area contributed by atoms with Crippen molar-refractivity contribution in [1.82, 2.24) is 9.97 Å². The molecule has 5 rings (SSSR count). The minimum Gasteiger partial charge on any atom is -0.369 e. The lowest BCUT2D eigenvalue weighted by Crippen LogP contribution is -2.28. The lowest BCUT2D eigenvalue weighted by molar-refractivity contribution is 0.749. The molecule has 0 aliphatic heterocycles. The first kappa shape index (κ1) is 21.3. The van der Waals surface area contributed by atoms with Crippen LogP contribution in [-0.4, -0.2) is 23.1 Å². The number of hydrogen-bond donors (Lipinski definition) is 2. The standard InChI is InChI=1S/C28H29N3O2/c1-4-15-31(16-5-2)26-23-24(29-20-13-9-8-12-19(20)28(23)33)17(6-3)22-25(26)30-21-14-10-7-11-18(21)27(22)32/h7-14H,4-6,15-16H2,1-3H3,(H,29,33)(H,30,32). The van der Waals surface area contributed by atoms with Gasteiger partial charge in [-0.2, -0.15) is 0 Å². The molecule has 2 heterocycles.